The van der Waals surface area contributed by atoms with Gasteiger partial charge in [-0.1, -0.05) is 32.9 Å². The molecule has 0 aliphatic heterocycles. The van der Waals surface area contributed by atoms with Gasteiger partial charge in [0.15, 0.2) is 6.29 Å². The summed E-state index contributed by atoms with van der Waals surface area (Å²) in [6.07, 6.45) is 0.902. The lowest BCUT2D eigenvalue weighted by Gasteiger charge is -2.15. The van der Waals surface area contributed by atoms with Crippen LogP contribution in [-0.4, -0.2) is 16.1 Å². The van der Waals surface area contributed by atoms with E-state index in [1.807, 2.05) is 29.9 Å². The lowest BCUT2D eigenvalue weighted by atomic mass is 9.88. The van der Waals surface area contributed by atoms with Crippen LogP contribution < -0.4 is 0 Å². The molecule has 0 saturated heterocycles. The molecule has 1 aromatic heterocycles. The van der Waals surface area contributed by atoms with Gasteiger partial charge in [0, 0.05) is 23.4 Å². The zero-order chi connectivity index (χ0) is 11.9. The highest BCUT2D eigenvalue weighted by molar-refractivity contribution is 5.98. The topological polar surface area (TPSA) is 34.9 Å². The number of hydrogen-bond acceptors (Lipinski definition) is 2. The Morgan fingerprint density at radius 2 is 2.00 bits per heavy atom. The first kappa shape index (κ1) is 10.9. The Morgan fingerprint density at radius 1 is 1.31 bits per heavy atom. The van der Waals surface area contributed by atoms with Crippen LogP contribution in [0.1, 0.15) is 36.8 Å². The van der Waals surface area contributed by atoms with Gasteiger partial charge in [0.1, 0.15) is 0 Å². The molecule has 0 radical (unpaired) electrons. The lowest BCUT2D eigenvalue weighted by molar-refractivity contribution is 0.112. The van der Waals surface area contributed by atoms with E-state index < -0.39 is 0 Å². The van der Waals surface area contributed by atoms with Crippen molar-refractivity contribution in [2.45, 2.75) is 26.2 Å². The number of carbonyl (C=O) groups excluding carboxylic acids is 1. The van der Waals surface area contributed by atoms with E-state index in [1.54, 1.807) is 0 Å². The number of aryl methyl sites for hydroxylation is 1. The molecule has 0 saturated carbocycles. The average Bonchev–Trinajstić information content (AvgIpc) is 2.56. The normalized spacial score (nSPS) is 12.0. The monoisotopic (exact) mass is 216 g/mol. The summed E-state index contributed by atoms with van der Waals surface area (Å²) in [5.41, 5.74) is 2.65. The van der Waals surface area contributed by atoms with Crippen molar-refractivity contribution in [3.05, 3.63) is 29.5 Å². The van der Waals surface area contributed by atoms with Gasteiger partial charge in [-0.05, 0) is 6.07 Å². The number of hydrogen-bond donors (Lipinski definition) is 0. The first-order valence-corrected chi connectivity index (χ1v) is 5.36. The highest BCUT2D eigenvalue weighted by Gasteiger charge is 2.23. The van der Waals surface area contributed by atoms with Crippen LogP contribution in [0.5, 0.6) is 0 Å². The molecule has 3 heteroatoms. The van der Waals surface area contributed by atoms with E-state index in [-0.39, 0.29) is 5.41 Å². The van der Waals surface area contributed by atoms with Crippen molar-refractivity contribution >= 4 is 17.2 Å². The fraction of sp³-hybridized carbons (Fsp3) is 0.385. The Bertz CT molecular complexity index is 547. The van der Waals surface area contributed by atoms with Gasteiger partial charge in [-0.3, -0.25) is 9.48 Å². The van der Waals surface area contributed by atoms with Crippen LogP contribution in [0.4, 0.5) is 0 Å². The molecule has 0 unspecified atom stereocenters. The van der Waals surface area contributed by atoms with Crippen LogP contribution >= 0.6 is 0 Å². The number of rotatable bonds is 1. The number of aldehydes is 1. The predicted molar refractivity (Wildman–Crippen MR) is 64.8 cm³/mol. The van der Waals surface area contributed by atoms with Crippen molar-refractivity contribution in [1.82, 2.24) is 9.78 Å². The quantitative estimate of drug-likeness (QED) is 0.687. The van der Waals surface area contributed by atoms with Crippen LogP contribution in [0, 0.1) is 0 Å². The molecule has 0 amide bonds. The first-order valence-electron chi connectivity index (χ1n) is 5.36. The van der Waals surface area contributed by atoms with Crippen molar-refractivity contribution in [2.24, 2.45) is 7.05 Å². The number of fused-ring (bicyclic) bond motifs is 1. The summed E-state index contributed by atoms with van der Waals surface area (Å²) in [6.45, 7) is 6.32. The molecule has 84 valence electrons. The van der Waals surface area contributed by atoms with Gasteiger partial charge in [-0.25, -0.2) is 0 Å². The molecule has 0 N–H and O–H groups in total. The smallest absolute Gasteiger partial charge is 0.150 e. The second kappa shape index (κ2) is 3.44. The first-order chi connectivity index (χ1) is 7.45. The van der Waals surface area contributed by atoms with Gasteiger partial charge in [-0.15, -0.1) is 0 Å². The summed E-state index contributed by atoms with van der Waals surface area (Å²) < 4.78 is 1.84. The standard InChI is InChI=1S/C13H16N2O/c1-13(2,3)12-11-9(8-16)6-5-7-10(11)15(4)14-12/h5-8H,1-4H3. The van der Waals surface area contributed by atoms with E-state index in [9.17, 15) is 4.79 Å². The van der Waals surface area contributed by atoms with E-state index in [4.69, 9.17) is 0 Å². The summed E-state index contributed by atoms with van der Waals surface area (Å²) in [7, 11) is 1.91. The van der Waals surface area contributed by atoms with E-state index >= 15 is 0 Å². The summed E-state index contributed by atoms with van der Waals surface area (Å²) in [5, 5.41) is 5.51. The minimum absolute atomic E-state index is 0.0569. The van der Waals surface area contributed by atoms with Crippen LogP contribution in [0.25, 0.3) is 10.9 Å². The molecule has 0 bridgehead atoms. The Morgan fingerprint density at radius 3 is 2.56 bits per heavy atom. The van der Waals surface area contributed by atoms with Crippen molar-refractivity contribution in [3.8, 4) is 0 Å². The highest BCUT2D eigenvalue weighted by Crippen LogP contribution is 2.30. The predicted octanol–water partition coefficient (Wildman–Crippen LogP) is 2.68. The summed E-state index contributed by atoms with van der Waals surface area (Å²) in [6, 6.07) is 5.72. The second-order valence-electron chi connectivity index (χ2n) is 5.08. The largest absolute Gasteiger partial charge is 0.298 e. The fourth-order valence-electron chi connectivity index (χ4n) is 1.96. The zero-order valence-corrected chi connectivity index (χ0v) is 10.1. The maximum absolute atomic E-state index is 11.1. The molecule has 3 nitrogen and oxygen atoms in total. The zero-order valence-electron chi connectivity index (χ0n) is 10.1. The molecule has 2 aromatic rings. The van der Waals surface area contributed by atoms with Crippen molar-refractivity contribution in [2.75, 3.05) is 0 Å². The fourth-order valence-corrected chi connectivity index (χ4v) is 1.96. The van der Waals surface area contributed by atoms with Crippen molar-refractivity contribution in [1.29, 1.82) is 0 Å². The molecule has 0 fully saturated rings. The van der Waals surface area contributed by atoms with Crippen molar-refractivity contribution in [3.63, 3.8) is 0 Å². The number of nitrogens with zero attached hydrogens (tertiary/aromatic N) is 2. The Hall–Kier alpha value is -1.64. The van der Waals surface area contributed by atoms with Gasteiger partial charge >= 0.3 is 0 Å². The third-order valence-corrected chi connectivity index (χ3v) is 2.75. The van der Waals surface area contributed by atoms with Crippen molar-refractivity contribution < 1.29 is 4.79 Å². The van der Waals surface area contributed by atoms with Crippen LogP contribution in [-0.2, 0) is 12.5 Å². The maximum atomic E-state index is 11.1. The number of carbonyl (C=O) groups is 1. The Balaban J connectivity index is 2.91. The van der Waals surface area contributed by atoms with E-state index in [1.165, 1.54) is 0 Å². The second-order valence-corrected chi connectivity index (χ2v) is 5.08. The molecule has 2 rings (SSSR count). The van der Waals surface area contributed by atoms with Crippen LogP contribution in [0.3, 0.4) is 0 Å². The minimum atomic E-state index is -0.0569. The Labute approximate surface area is 95.1 Å². The van der Waals surface area contributed by atoms with Gasteiger partial charge < -0.3 is 0 Å². The summed E-state index contributed by atoms with van der Waals surface area (Å²) in [4.78, 5) is 11.1. The minimum Gasteiger partial charge on any atom is -0.298 e. The molecule has 0 spiro atoms. The highest BCUT2D eigenvalue weighted by atomic mass is 16.1. The SMILES string of the molecule is Cn1nc(C(C)(C)C)c2c(C=O)cccc21. The summed E-state index contributed by atoms with van der Waals surface area (Å²) in [5.74, 6) is 0. The molecule has 1 heterocycles. The molecule has 0 aliphatic carbocycles. The van der Waals surface area contributed by atoms with E-state index in [0.717, 1.165) is 28.4 Å². The summed E-state index contributed by atoms with van der Waals surface area (Å²) >= 11 is 0. The Kier molecular flexibility index (Phi) is 2.34. The van der Waals surface area contributed by atoms with Gasteiger partial charge in [0.05, 0.1) is 11.2 Å². The third-order valence-electron chi connectivity index (χ3n) is 2.75. The molecule has 16 heavy (non-hydrogen) atoms. The maximum Gasteiger partial charge on any atom is 0.150 e. The molecule has 1 aromatic carbocycles. The molecular formula is C13H16N2O. The van der Waals surface area contributed by atoms with Gasteiger partial charge in [0.2, 0.25) is 0 Å². The van der Waals surface area contributed by atoms with E-state index in [0.29, 0.717) is 0 Å². The van der Waals surface area contributed by atoms with Gasteiger partial charge in [-0.2, -0.15) is 5.10 Å². The van der Waals surface area contributed by atoms with Gasteiger partial charge in [0.25, 0.3) is 0 Å². The third kappa shape index (κ3) is 1.52. The number of benzene rings is 1. The van der Waals surface area contributed by atoms with Crippen LogP contribution in [0.2, 0.25) is 0 Å². The lowest BCUT2D eigenvalue weighted by Crippen LogP contribution is -2.13. The molecular weight excluding hydrogens is 200 g/mol. The molecule has 0 atom stereocenters. The van der Waals surface area contributed by atoms with E-state index in [2.05, 4.69) is 25.9 Å². The average molecular weight is 216 g/mol. The van der Waals surface area contributed by atoms with Crippen LogP contribution in [0.15, 0.2) is 18.2 Å². The number of aromatic nitrogens is 2. The molecule has 0 aliphatic rings.